The van der Waals surface area contributed by atoms with Crippen molar-refractivity contribution < 1.29 is 9.18 Å². The van der Waals surface area contributed by atoms with Gasteiger partial charge in [0, 0.05) is 23.5 Å². The van der Waals surface area contributed by atoms with E-state index in [1.165, 1.54) is 17.7 Å². The van der Waals surface area contributed by atoms with Crippen molar-refractivity contribution in [2.45, 2.75) is 5.92 Å². The maximum atomic E-state index is 14.0. The number of benzene rings is 2. The van der Waals surface area contributed by atoms with Crippen LogP contribution < -0.4 is 5.73 Å². The van der Waals surface area contributed by atoms with Gasteiger partial charge in [-0.2, -0.15) is 0 Å². The van der Waals surface area contributed by atoms with Crippen molar-refractivity contribution in [2.24, 2.45) is 11.7 Å². The highest BCUT2D eigenvalue weighted by molar-refractivity contribution is 9.10. The van der Waals surface area contributed by atoms with E-state index in [2.05, 4.69) is 28.1 Å². The van der Waals surface area contributed by atoms with Crippen molar-refractivity contribution in [1.82, 2.24) is 4.90 Å². The van der Waals surface area contributed by atoms with E-state index in [0.29, 0.717) is 24.1 Å². The molecule has 1 fully saturated rings. The predicted octanol–water partition coefficient (Wildman–Crippen LogP) is 3.40. The third-order valence-corrected chi connectivity index (χ3v) is 4.91. The summed E-state index contributed by atoms with van der Waals surface area (Å²) in [4.78, 5) is 14.4. The van der Waals surface area contributed by atoms with Crippen LogP contribution in [-0.4, -0.2) is 30.4 Å². The van der Waals surface area contributed by atoms with E-state index in [1.54, 1.807) is 11.0 Å². The molecule has 3 rings (SSSR count). The lowest BCUT2D eigenvalue weighted by atomic mass is 9.89. The SMILES string of the molecule is NC[C@@H]1CN(C(=O)c2cc(Br)ccc2F)C[C@H]1c1ccccc1. The molecule has 0 bridgehead atoms. The van der Waals surface area contributed by atoms with Crippen LogP contribution in [0.4, 0.5) is 4.39 Å². The van der Waals surface area contributed by atoms with Crippen molar-refractivity contribution in [1.29, 1.82) is 0 Å². The van der Waals surface area contributed by atoms with E-state index < -0.39 is 5.82 Å². The van der Waals surface area contributed by atoms with Gasteiger partial charge in [0.05, 0.1) is 5.56 Å². The number of nitrogens with two attached hydrogens (primary N) is 1. The highest BCUT2D eigenvalue weighted by Crippen LogP contribution is 2.33. The molecular weight excluding hydrogens is 359 g/mol. The Balaban J connectivity index is 1.84. The van der Waals surface area contributed by atoms with Gasteiger partial charge in [0.2, 0.25) is 0 Å². The van der Waals surface area contributed by atoms with Gasteiger partial charge >= 0.3 is 0 Å². The van der Waals surface area contributed by atoms with Crippen LogP contribution in [0.3, 0.4) is 0 Å². The van der Waals surface area contributed by atoms with Gasteiger partial charge in [-0.3, -0.25) is 4.79 Å². The third kappa shape index (κ3) is 3.31. The van der Waals surface area contributed by atoms with Crippen LogP contribution in [0.15, 0.2) is 53.0 Å². The number of halogens is 2. The second-order valence-corrected chi connectivity index (χ2v) is 6.76. The zero-order chi connectivity index (χ0) is 16.4. The Labute approximate surface area is 143 Å². The molecule has 1 saturated heterocycles. The fourth-order valence-electron chi connectivity index (χ4n) is 3.19. The molecule has 120 valence electrons. The van der Waals surface area contributed by atoms with E-state index in [9.17, 15) is 9.18 Å². The summed E-state index contributed by atoms with van der Waals surface area (Å²) in [5.74, 6) is -0.386. The second kappa shape index (κ2) is 6.81. The van der Waals surface area contributed by atoms with Crippen LogP contribution in [0.1, 0.15) is 21.8 Å². The summed E-state index contributed by atoms with van der Waals surface area (Å²) in [6, 6.07) is 14.5. The molecule has 2 aromatic carbocycles. The summed E-state index contributed by atoms with van der Waals surface area (Å²) >= 11 is 3.29. The number of hydrogen-bond acceptors (Lipinski definition) is 2. The highest BCUT2D eigenvalue weighted by Gasteiger charge is 2.36. The maximum absolute atomic E-state index is 14.0. The minimum atomic E-state index is -0.495. The highest BCUT2D eigenvalue weighted by atomic mass is 79.9. The molecule has 0 spiro atoms. The van der Waals surface area contributed by atoms with Crippen molar-refractivity contribution in [3.8, 4) is 0 Å². The van der Waals surface area contributed by atoms with Crippen LogP contribution >= 0.6 is 15.9 Å². The topological polar surface area (TPSA) is 46.3 Å². The van der Waals surface area contributed by atoms with Gasteiger partial charge in [-0.25, -0.2) is 4.39 Å². The molecule has 1 amide bonds. The average molecular weight is 377 g/mol. The van der Waals surface area contributed by atoms with Gasteiger partial charge < -0.3 is 10.6 Å². The quantitative estimate of drug-likeness (QED) is 0.891. The van der Waals surface area contributed by atoms with Crippen LogP contribution in [0.2, 0.25) is 0 Å². The van der Waals surface area contributed by atoms with Crippen molar-refractivity contribution >= 4 is 21.8 Å². The fraction of sp³-hybridized carbons (Fsp3) is 0.278. The average Bonchev–Trinajstić information content (AvgIpc) is 3.01. The predicted molar refractivity (Wildman–Crippen MR) is 91.7 cm³/mol. The van der Waals surface area contributed by atoms with Gasteiger partial charge in [-0.05, 0) is 36.2 Å². The molecule has 3 nitrogen and oxygen atoms in total. The lowest BCUT2D eigenvalue weighted by Crippen LogP contribution is -2.30. The van der Waals surface area contributed by atoms with Gasteiger partial charge in [0.15, 0.2) is 0 Å². The number of rotatable bonds is 3. The second-order valence-electron chi connectivity index (χ2n) is 5.85. The number of carbonyl (C=O) groups excluding carboxylic acids is 1. The molecule has 0 unspecified atom stereocenters. The number of carbonyl (C=O) groups is 1. The summed E-state index contributed by atoms with van der Waals surface area (Å²) < 4.78 is 14.7. The Hall–Kier alpha value is -1.72. The molecule has 0 aromatic heterocycles. The molecule has 2 atom stereocenters. The van der Waals surface area contributed by atoms with E-state index in [-0.39, 0.29) is 23.3 Å². The number of likely N-dealkylation sites (tertiary alicyclic amines) is 1. The summed E-state index contributed by atoms with van der Waals surface area (Å²) in [5, 5.41) is 0. The van der Waals surface area contributed by atoms with E-state index in [0.717, 1.165) is 0 Å². The Morgan fingerprint density at radius 2 is 1.96 bits per heavy atom. The first-order chi connectivity index (χ1) is 11.1. The first-order valence-electron chi connectivity index (χ1n) is 7.59. The van der Waals surface area contributed by atoms with Gasteiger partial charge in [0.25, 0.3) is 5.91 Å². The zero-order valence-corrected chi connectivity index (χ0v) is 14.2. The number of amides is 1. The summed E-state index contributed by atoms with van der Waals surface area (Å²) in [5.41, 5.74) is 7.17. The molecule has 1 aliphatic rings. The molecule has 0 aliphatic carbocycles. The van der Waals surface area contributed by atoms with Gasteiger partial charge in [0.1, 0.15) is 5.82 Å². The van der Waals surface area contributed by atoms with E-state index in [4.69, 9.17) is 5.73 Å². The first-order valence-corrected chi connectivity index (χ1v) is 8.38. The smallest absolute Gasteiger partial charge is 0.256 e. The van der Waals surface area contributed by atoms with Crippen LogP contribution in [-0.2, 0) is 0 Å². The van der Waals surface area contributed by atoms with Crippen molar-refractivity contribution in [3.63, 3.8) is 0 Å². The fourth-order valence-corrected chi connectivity index (χ4v) is 3.55. The molecular formula is C18H18BrFN2O. The molecule has 0 saturated carbocycles. The van der Waals surface area contributed by atoms with E-state index in [1.807, 2.05) is 18.2 Å². The molecule has 23 heavy (non-hydrogen) atoms. The molecule has 5 heteroatoms. The summed E-state index contributed by atoms with van der Waals surface area (Å²) in [6.07, 6.45) is 0. The zero-order valence-electron chi connectivity index (χ0n) is 12.6. The molecule has 1 aliphatic heterocycles. The van der Waals surface area contributed by atoms with Gasteiger partial charge in [-0.1, -0.05) is 46.3 Å². The summed E-state index contributed by atoms with van der Waals surface area (Å²) in [7, 11) is 0. The monoisotopic (exact) mass is 376 g/mol. The molecule has 2 aromatic rings. The molecule has 0 radical (unpaired) electrons. The third-order valence-electron chi connectivity index (χ3n) is 4.42. The Morgan fingerprint density at radius 1 is 1.22 bits per heavy atom. The maximum Gasteiger partial charge on any atom is 0.256 e. The van der Waals surface area contributed by atoms with Crippen molar-refractivity contribution in [2.75, 3.05) is 19.6 Å². The molecule has 1 heterocycles. The standard InChI is InChI=1S/C18H18BrFN2O/c19-14-6-7-17(20)15(8-14)18(23)22-10-13(9-21)16(11-22)12-4-2-1-3-5-12/h1-8,13,16H,9-11,21H2/t13-,16+/m1/s1. The lowest BCUT2D eigenvalue weighted by Gasteiger charge is -2.17. The first kappa shape index (κ1) is 16.1. The molecule has 2 N–H and O–H groups in total. The van der Waals surface area contributed by atoms with Gasteiger partial charge in [-0.15, -0.1) is 0 Å². The Bertz CT molecular complexity index is 707. The normalized spacial score (nSPS) is 20.7. The number of nitrogens with zero attached hydrogens (tertiary/aromatic N) is 1. The minimum absolute atomic E-state index is 0.101. The largest absolute Gasteiger partial charge is 0.338 e. The van der Waals surface area contributed by atoms with Crippen molar-refractivity contribution in [3.05, 3.63) is 69.9 Å². The summed E-state index contributed by atoms with van der Waals surface area (Å²) in [6.45, 7) is 1.63. The lowest BCUT2D eigenvalue weighted by molar-refractivity contribution is 0.0781. The van der Waals surface area contributed by atoms with Crippen LogP contribution in [0, 0.1) is 11.7 Å². The Morgan fingerprint density at radius 3 is 2.65 bits per heavy atom. The number of hydrogen-bond donors (Lipinski definition) is 1. The van der Waals surface area contributed by atoms with Crippen LogP contribution in [0.5, 0.6) is 0 Å². The minimum Gasteiger partial charge on any atom is -0.338 e. The van der Waals surface area contributed by atoms with Crippen LogP contribution in [0.25, 0.3) is 0 Å². The Kier molecular flexibility index (Phi) is 4.78. The van der Waals surface area contributed by atoms with E-state index >= 15 is 0 Å².